The molecule has 0 unspecified atom stereocenters. The number of hydrogen-bond donors (Lipinski definition) is 0. The van der Waals surface area contributed by atoms with Crippen LogP contribution >= 0.6 is 11.3 Å². The molecule has 2 heterocycles. The minimum Gasteiger partial charge on any atom is -0.480 e. The first-order chi connectivity index (χ1) is 6.35. The predicted octanol–water partition coefficient (Wildman–Crippen LogP) is 2.18. The molecule has 2 aromatic rings. The van der Waals surface area contributed by atoms with Crippen LogP contribution in [-0.4, -0.2) is 12.1 Å². The lowest BCUT2D eigenvalue weighted by Gasteiger charge is -1.99. The van der Waals surface area contributed by atoms with Crippen molar-refractivity contribution >= 4 is 21.6 Å². The van der Waals surface area contributed by atoms with Gasteiger partial charge in [-0.3, -0.25) is 0 Å². The zero-order valence-corrected chi connectivity index (χ0v) is 7.76. The van der Waals surface area contributed by atoms with Gasteiger partial charge < -0.3 is 4.74 Å². The normalized spacial score (nSPS) is 9.85. The highest BCUT2D eigenvalue weighted by atomic mass is 32.1. The average Bonchev–Trinajstić information content (AvgIpc) is 2.62. The average molecular weight is 190 g/mol. The van der Waals surface area contributed by atoms with Crippen molar-refractivity contribution in [1.82, 2.24) is 4.98 Å². The Morgan fingerprint density at radius 1 is 1.62 bits per heavy atom. The standard InChI is InChI=1S/C9H6N2OS/c1-12-8-7(5-10)4-6-2-3-13-9(6)11-8/h2-4H,1H3. The summed E-state index contributed by atoms with van der Waals surface area (Å²) in [7, 11) is 1.52. The Labute approximate surface area is 79.2 Å². The van der Waals surface area contributed by atoms with Gasteiger partial charge in [-0.2, -0.15) is 5.26 Å². The van der Waals surface area contributed by atoms with Crippen molar-refractivity contribution in [2.45, 2.75) is 0 Å². The monoisotopic (exact) mass is 190 g/mol. The Morgan fingerprint density at radius 2 is 2.46 bits per heavy atom. The van der Waals surface area contributed by atoms with Crippen molar-refractivity contribution < 1.29 is 4.74 Å². The van der Waals surface area contributed by atoms with Crippen molar-refractivity contribution in [3.05, 3.63) is 23.1 Å². The first-order valence-corrected chi connectivity index (χ1v) is 4.55. The minimum atomic E-state index is 0.400. The lowest BCUT2D eigenvalue weighted by atomic mass is 10.2. The molecule has 0 saturated carbocycles. The summed E-state index contributed by atoms with van der Waals surface area (Å²) in [6.45, 7) is 0. The summed E-state index contributed by atoms with van der Waals surface area (Å²) in [5.74, 6) is 0.400. The van der Waals surface area contributed by atoms with Gasteiger partial charge in [-0.05, 0) is 17.5 Å². The van der Waals surface area contributed by atoms with Gasteiger partial charge in [0.05, 0.1) is 7.11 Å². The second-order valence-electron chi connectivity index (χ2n) is 2.47. The first kappa shape index (κ1) is 8.02. The molecule has 4 heteroatoms. The van der Waals surface area contributed by atoms with Crippen molar-refractivity contribution in [1.29, 1.82) is 5.26 Å². The van der Waals surface area contributed by atoms with E-state index in [1.165, 1.54) is 18.4 Å². The van der Waals surface area contributed by atoms with Crippen LogP contribution in [0.4, 0.5) is 0 Å². The Balaban J connectivity index is 2.76. The van der Waals surface area contributed by atoms with Gasteiger partial charge in [-0.25, -0.2) is 4.98 Å². The zero-order valence-electron chi connectivity index (χ0n) is 6.94. The van der Waals surface area contributed by atoms with E-state index in [0.29, 0.717) is 11.4 Å². The fourth-order valence-corrected chi connectivity index (χ4v) is 1.86. The number of pyridine rings is 1. The molecule has 0 bridgehead atoms. The third-order valence-corrected chi connectivity index (χ3v) is 2.54. The molecular formula is C9H6N2OS. The highest BCUT2D eigenvalue weighted by Crippen LogP contribution is 2.24. The molecule has 0 aliphatic carbocycles. The minimum absolute atomic E-state index is 0.400. The molecule has 64 valence electrons. The Kier molecular flexibility index (Phi) is 1.87. The Morgan fingerprint density at radius 3 is 3.15 bits per heavy atom. The molecule has 3 nitrogen and oxygen atoms in total. The highest BCUT2D eigenvalue weighted by molar-refractivity contribution is 7.16. The zero-order chi connectivity index (χ0) is 9.26. The van der Waals surface area contributed by atoms with E-state index >= 15 is 0 Å². The molecule has 0 spiro atoms. The molecule has 0 N–H and O–H groups in total. The van der Waals surface area contributed by atoms with E-state index in [2.05, 4.69) is 4.98 Å². The number of nitriles is 1. The van der Waals surface area contributed by atoms with Crippen molar-refractivity contribution in [2.75, 3.05) is 7.11 Å². The van der Waals surface area contributed by atoms with Crippen molar-refractivity contribution in [3.8, 4) is 11.9 Å². The van der Waals surface area contributed by atoms with Gasteiger partial charge in [-0.1, -0.05) is 0 Å². The molecule has 0 atom stereocenters. The fraction of sp³-hybridized carbons (Fsp3) is 0.111. The lowest BCUT2D eigenvalue weighted by molar-refractivity contribution is 0.398. The number of hydrogen-bond acceptors (Lipinski definition) is 4. The molecule has 0 aliphatic heterocycles. The van der Waals surface area contributed by atoms with Crippen LogP contribution in [0.1, 0.15) is 5.56 Å². The Hall–Kier alpha value is -1.60. The van der Waals surface area contributed by atoms with Crippen LogP contribution in [0.3, 0.4) is 0 Å². The van der Waals surface area contributed by atoms with Crippen LogP contribution in [0, 0.1) is 11.3 Å². The van der Waals surface area contributed by atoms with E-state index in [9.17, 15) is 0 Å². The van der Waals surface area contributed by atoms with Crippen LogP contribution in [0.25, 0.3) is 10.2 Å². The van der Waals surface area contributed by atoms with Crippen LogP contribution in [-0.2, 0) is 0 Å². The van der Waals surface area contributed by atoms with Gasteiger partial charge in [0.15, 0.2) is 0 Å². The smallest absolute Gasteiger partial charge is 0.232 e. The summed E-state index contributed by atoms with van der Waals surface area (Å²) < 4.78 is 4.99. The quantitative estimate of drug-likeness (QED) is 0.692. The molecule has 0 aromatic carbocycles. The molecular weight excluding hydrogens is 184 g/mol. The summed E-state index contributed by atoms with van der Waals surface area (Å²) in [6.07, 6.45) is 0. The van der Waals surface area contributed by atoms with Gasteiger partial charge in [-0.15, -0.1) is 11.3 Å². The van der Waals surface area contributed by atoms with E-state index in [0.717, 1.165) is 10.2 Å². The van der Waals surface area contributed by atoms with E-state index in [-0.39, 0.29) is 0 Å². The number of aromatic nitrogens is 1. The number of methoxy groups -OCH3 is 1. The van der Waals surface area contributed by atoms with E-state index in [1.54, 1.807) is 6.07 Å². The molecule has 0 saturated heterocycles. The van der Waals surface area contributed by atoms with Gasteiger partial charge in [0.2, 0.25) is 5.88 Å². The maximum Gasteiger partial charge on any atom is 0.232 e. The van der Waals surface area contributed by atoms with E-state index < -0.39 is 0 Å². The Bertz CT molecular complexity index is 484. The molecule has 13 heavy (non-hydrogen) atoms. The second-order valence-corrected chi connectivity index (χ2v) is 3.37. The van der Waals surface area contributed by atoms with E-state index in [4.69, 9.17) is 10.00 Å². The SMILES string of the molecule is COc1nc2sccc2cc1C#N. The highest BCUT2D eigenvalue weighted by Gasteiger charge is 2.06. The maximum absolute atomic E-state index is 8.78. The van der Waals surface area contributed by atoms with Crippen LogP contribution in [0.15, 0.2) is 17.5 Å². The van der Waals surface area contributed by atoms with Gasteiger partial charge >= 0.3 is 0 Å². The van der Waals surface area contributed by atoms with Crippen LogP contribution in [0.2, 0.25) is 0 Å². The van der Waals surface area contributed by atoms with Gasteiger partial charge in [0.25, 0.3) is 0 Å². The topological polar surface area (TPSA) is 45.9 Å². The summed E-state index contributed by atoms with van der Waals surface area (Å²) in [4.78, 5) is 5.10. The second kappa shape index (κ2) is 3.04. The summed E-state index contributed by atoms with van der Waals surface area (Å²) in [5, 5.41) is 11.7. The van der Waals surface area contributed by atoms with Crippen LogP contribution < -0.4 is 4.74 Å². The van der Waals surface area contributed by atoms with E-state index in [1.807, 2.05) is 17.5 Å². The third kappa shape index (κ3) is 1.23. The number of nitrogens with zero attached hydrogens (tertiary/aromatic N) is 2. The third-order valence-electron chi connectivity index (χ3n) is 1.72. The summed E-state index contributed by atoms with van der Waals surface area (Å²) in [5.41, 5.74) is 0.480. The molecule has 0 fully saturated rings. The first-order valence-electron chi connectivity index (χ1n) is 3.67. The number of rotatable bonds is 1. The maximum atomic E-state index is 8.78. The molecule has 0 radical (unpaired) electrons. The van der Waals surface area contributed by atoms with Gasteiger partial charge in [0.1, 0.15) is 16.5 Å². The van der Waals surface area contributed by atoms with Crippen LogP contribution in [0.5, 0.6) is 5.88 Å². The largest absolute Gasteiger partial charge is 0.480 e. The summed E-state index contributed by atoms with van der Waals surface area (Å²) in [6, 6.07) is 5.77. The molecule has 0 amide bonds. The van der Waals surface area contributed by atoms with Crippen molar-refractivity contribution in [2.24, 2.45) is 0 Å². The lowest BCUT2D eigenvalue weighted by Crippen LogP contribution is -1.90. The van der Waals surface area contributed by atoms with Gasteiger partial charge in [0, 0.05) is 5.39 Å². The molecule has 2 rings (SSSR count). The molecule has 2 aromatic heterocycles. The predicted molar refractivity (Wildman–Crippen MR) is 50.9 cm³/mol. The fourth-order valence-electron chi connectivity index (χ4n) is 1.12. The molecule has 0 aliphatic rings. The number of fused-ring (bicyclic) bond motifs is 1. The number of thiophene rings is 1. The van der Waals surface area contributed by atoms with Crippen molar-refractivity contribution in [3.63, 3.8) is 0 Å². The number of ether oxygens (including phenoxy) is 1. The summed E-state index contributed by atoms with van der Waals surface area (Å²) >= 11 is 1.54.